The van der Waals surface area contributed by atoms with Crippen molar-refractivity contribution in [2.45, 2.75) is 19.9 Å². The van der Waals surface area contributed by atoms with E-state index in [0.29, 0.717) is 13.1 Å². The predicted molar refractivity (Wildman–Crippen MR) is 56.1 cm³/mol. The lowest BCUT2D eigenvalue weighted by atomic mass is 10.0. The van der Waals surface area contributed by atoms with Crippen LogP contribution in [0.1, 0.15) is 17.0 Å². The number of carbonyl (C=O) groups is 1. The van der Waals surface area contributed by atoms with Crippen molar-refractivity contribution in [2.75, 3.05) is 6.54 Å². The fourth-order valence-electron chi connectivity index (χ4n) is 1.80. The molecule has 0 bridgehead atoms. The summed E-state index contributed by atoms with van der Waals surface area (Å²) >= 11 is 0. The molecule has 15 heavy (non-hydrogen) atoms. The molecule has 0 aliphatic carbocycles. The number of amides is 1. The minimum atomic E-state index is -0.0242. The largest absolute Gasteiger partial charge is 0.334 e. The molecule has 0 saturated carbocycles. The third-order valence-corrected chi connectivity index (χ3v) is 2.70. The fraction of sp³-hybridized carbons (Fsp3) is 0.364. The Bertz CT molecular complexity index is 414. The fourth-order valence-corrected chi connectivity index (χ4v) is 1.80. The molecule has 0 radical (unpaired) electrons. The third kappa shape index (κ3) is 1.75. The van der Waals surface area contributed by atoms with E-state index in [0.717, 1.165) is 23.4 Å². The third-order valence-electron chi connectivity index (χ3n) is 2.70. The Kier molecular flexibility index (Phi) is 2.49. The molecule has 1 aromatic rings. The molecule has 0 atom stereocenters. The highest BCUT2D eigenvalue weighted by Crippen LogP contribution is 2.18. The summed E-state index contributed by atoms with van der Waals surface area (Å²) < 4.78 is 0. The number of hydrogen-bond acceptors (Lipinski definition) is 3. The quantitative estimate of drug-likeness (QED) is 0.636. The lowest BCUT2D eigenvalue weighted by Gasteiger charge is -2.27. The van der Waals surface area contributed by atoms with Gasteiger partial charge in [0.25, 0.3) is 0 Å². The Labute approximate surface area is 88.7 Å². The van der Waals surface area contributed by atoms with Gasteiger partial charge in [-0.1, -0.05) is 6.58 Å². The molecule has 2 heterocycles. The van der Waals surface area contributed by atoms with E-state index in [1.165, 1.54) is 6.08 Å². The molecule has 0 aromatic carbocycles. The normalized spacial score (nSPS) is 14.6. The van der Waals surface area contributed by atoms with Gasteiger partial charge in [-0.05, 0) is 13.0 Å². The molecule has 0 unspecified atom stereocenters. The average Bonchev–Trinajstić information content (AvgIpc) is 2.28. The van der Waals surface area contributed by atoms with Gasteiger partial charge in [0.05, 0.1) is 5.69 Å². The molecule has 1 aliphatic rings. The van der Waals surface area contributed by atoms with Crippen LogP contribution in [0.4, 0.5) is 0 Å². The van der Waals surface area contributed by atoms with E-state index in [2.05, 4.69) is 16.5 Å². The lowest BCUT2D eigenvalue weighted by molar-refractivity contribution is -0.126. The van der Waals surface area contributed by atoms with Gasteiger partial charge in [0.2, 0.25) is 5.91 Å². The van der Waals surface area contributed by atoms with Gasteiger partial charge in [0.15, 0.2) is 0 Å². The maximum absolute atomic E-state index is 11.5. The SMILES string of the molecule is C=CC(=O)N1CCc2ncnc(C)c2C1. The van der Waals surface area contributed by atoms with Crippen LogP contribution in [0, 0.1) is 6.92 Å². The summed E-state index contributed by atoms with van der Waals surface area (Å²) in [5, 5.41) is 0. The van der Waals surface area contributed by atoms with Crippen molar-refractivity contribution in [3.8, 4) is 0 Å². The minimum absolute atomic E-state index is 0.0242. The van der Waals surface area contributed by atoms with Crippen LogP contribution < -0.4 is 0 Å². The maximum atomic E-state index is 11.5. The molecule has 1 amide bonds. The molecule has 0 spiro atoms. The van der Waals surface area contributed by atoms with Crippen LogP contribution in [0.15, 0.2) is 19.0 Å². The van der Waals surface area contributed by atoms with Crippen molar-refractivity contribution in [2.24, 2.45) is 0 Å². The molecule has 78 valence electrons. The summed E-state index contributed by atoms with van der Waals surface area (Å²) in [5.74, 6) is -0.0242. The number of hydrogen-bond donors (Lipinski definition) is 0. The van der Waals surface area contributed by atoms with E-state index in [9.17, 15) is 4.79 Å². The summed E-state index contributed by atoms with van der Waals surface area (Å²) in [7, 11) is 0. The van der Waals surface area contributed by atoms with Crippen LogP contribution in [0.2, 0.25) is 0 Å². The van der Waals surface area contributed by atoms with Crippen molar-refractivity contribution in [1.82, 2.24) is 14.9 Å². The van der Waals surface area contributed by atoms with E-state index in [4.69, 9.17) is 0 Å². The number of aromatic nitrogens is 2. The first-order valence-electron chi connectivity index (χ1n) is 4.93. The first-order chi connectivity index (χ1) is 7.22. The van der Waals surface area contributed by atoms with Crippen LogP contribution in [0.3, 0.4) is 0 Å². The van der Waals surface area contributed by atoms with Gasteiger partial charge < -0.3 is 4.90 Å². The average molecular weight is 203 g/mol. The maximum Gasteiger partial charge on any atom is 0.246 e. The Morgan fingerprint density at radius 1 is 1.60 bits per heavy atom. The molecular formula is C11H13N3O. The van der Waals surface area contributed by atoms with Gasteiger partial charge in [-0.25, -0.2) is 9.97 Å². The summed E-state index contributed by atoms with van der Waals surface area (Å²) in [6, 6.07) is 0. The molecule has 2 rings (SSSR count). The van der Waals surface area contributed by atoms with Crippen LogP contribution in [-0.2, 0) is 17.8 Å². The standard InChI is InChI=1S/C11H13N3O/c1-3-11(15)14-5-4-10-9(6-14)8(2)12-7-13-10/h3,7H,1,4-6H2,2H3. The van der Waals surface area contributed by atoms with Crippen molar-refractivity contribution in [3.63, 3.8) is 0 Å². The summed E-state index contributed by atoms with van der Waals surface area (Å²) in [6.45, 7) is 6.76. The van der Waals surface area contributed by atoms with E-state index in [1.807, 2.05) is 6.92 Å². The van der Waals surface area contributed by atoms with Gasteiger partial charge in [0.1, 0.15) is 6.33 Å². The summed E-state index contributed by atoms with van der Waals surface area (Å²) in [6.07, 6.45) is 3.74. The Balaban J connectivity index is 2.29. The number of aryl methyl sites for hydroxylation is 1. The van der Waals surface area contributed by atoms with Gasteiger partial charge >= 0.3 is 0 Å². The zero-order valence-corrected chi connectivity index (χ0v) is 8.73. The van der Waals surface area contributed by atoms with Gasteiger partial charge in [0, 0.05) is 30.8 Å². The van der Waals surface area contributed by atoms with Gasteiger partial charge in [-0.2, -0.15) is 0 Å². The molecule has 1 aliphatic heterocycles. The number of nitrogens with zero attached hydrogens (tertiary/aromatic N) is 3. The monoisotopic (exact) mass is 203 g/mol. The number of fused-ring (bicyclic) bond motifs is 1. The Morgan fingerprint density at radius 3 is 3.13 bits per heavy atom. The van der Waals surface area contributed by atoms with E-state index in [-0.39, 0.29) is 5.91 Å². The van der Waals surface area contributed by atoms with E-state index >= 15 is 0 Å². The zero-order valence-electron chi connectivity index (χ0n) is 8.73. The Morgan fingerprint density at radius 2 is 2.40 bits per heavy atom. The molecule has 0 saturated heterocycles. The second kappa shape index (κ2) is 3.81. The minimum Gasteiger partial charge on any atom is -0.334 e. The molecule has 4 heteroatoms. The van der Waals surface area contributed by atoms with Crippen molar-refractivity contribution >= 4 is 5.91 Å². The topological polar surface area (TPSA) is 46.1 Å². The molecule has 1 aromatic heterocycles. The van der Waals surface area contributed by atoms with Crippen LogP contribution >= 0.6 is 0 Å². The first kappa shape index (κ1) is 9.83. The van der Waals surface area contributed by atoms with Gasteiger partial charge in [-0.15, -0.1) is 0 Å². The summed E-state index contributed by atoms with van der Waals surface area (Å²) in [5.41, 5.74) is 3.11. The predicted octanol–water partition coefficient (Wildman–Crippen LogP) is 0.856. The molecular weight excluding hydrogens is 190 g/mol. The number of rotatable bonds is 1. The highest BCUT2D eigenvalue weighted by molar-refractivity contribution is 5.87. The second-order valence-corrected chi connectivity index (χ2v) is 3.60. The van der Waals surface area contributed by atoms with Crippen LogP contribution in [-0.4, -0.2) is 27.3 Å². The Hall–Kier alpha value is -1.71. The summed E-state index contributed by atoms with van der Waals surface area (Å²) in [4.78, 5) is 21.6. The van der Waals surface area contributed by atoms with E-state index < -0.39 is 0 Å². The van der Waals surface area contributed by atoms with Crippen molar-refractivity contribution < 1.29 is 4.79 Å². The van der Waals surface area contributed by atoms with Crippen LogP contribution in [0.25, 0.3) is 0 Å². The number of carbonyl (C=O) groups excluding carboxylic acids is 1. The molecule has 0 N–H and O–H groups in total. The van der Waals surface area contributed by atoms with Crippen molar-refractivity contribution in [1.29, 1.82) is 0 Å². The molecule has 4 nitrogen and oxygen atoms in total. The lowest BCUT2D eigenvalue weighted by Crippen LogP contribution is -2.35. The smallest absolute Gasteiger partial charge is 0.246 e. The molecule has 0 fully saturated rings. The van der Waals surface area contributed by atoms with Crippen molar-refractivity contribution in [3.05, 3.63) is 35.9 Å². The zero-order chi connectivity index (χ0) is 10.8. The highest BCUT2D eigenvalue weighted by atomic mass is 16.2. The van der Waals surface area contributed by atoms with Gasteiger partial charge in [-0.3, -0.25) is 4.79 Å². The highest BCUT2D eigenvalue weighted by Gasteiger charge is 2.21. The van der Waals surface area contributed by atoms with E-state index in [1.54, 1.807) is 11.2 Å². The second-order valence-electron chi connectivity index (χ2n) is 3.60. The first-order valence-corrected chi connectivity index (χ1v) is 4.93. The van der Waals surface area contributed by atoms with Crippen LogP contribution in [0.5, 0.6) is 0 Å².